The summed E-state index contributed by atoms with van der Waals surface area (Å²) in [5.74, 6) is 0.869. The first-order valence-electron chi connectivity index (χ1n) is 5.83. The van der Waals surface area contributed by atoms with Crippen LogP contribution in [0, 0.1) is 0 Å². The quantitative estimate of drug-likeness (QED) is 0.711. The smallest absolute Gasteiger partial charge is 0.124 e. The average Bonchev–Trinajstić information content (AvgIpc) is 2.27. The first kappa shape index (κ1) is 13.7. The average molecular weight is 235 g/mol. The Morgan fingerprint density at radius 1 is 1.47 bits per heavy atom. The zero-order valence-corrected chi connectivity index (χ0v) is 10.6. The molecule has 1 rings (SSSR count). The minimum atomic E-state index is -0.335. The predicted octanol–water partition coefficient (Wildman–Crippen LogP) is 2.11. The van der Waals surface area contributed by atoms with Crippen LogP contribution in [0.5, 0.6) is 5.75 Å². The first-order chi connectivity index (χ1) is 8.09. The molecule has 17 heavy (non-hydrogen) atoms. The third-order valence-corrected chi connectivity index (χ3v) is 2.20. The van der Waals surface area contributed by atoms with Gasteiger partial charge in [-0.05, 0) is 25.5 Å². The number of aliphatic hydroxyl groups is 1. The Labute approximate surface area is 103 Å². The Kier molecular flexibility index (Phi) is 5.73. The van der Waals surface area contributed by atoms with Gasteiger partial charge in [-0.1, -0.05) is 24.8 Å². The molecule has 94 valence electrons. The Bertz CT molecular complexity index is 361. The molecule has 0 spiro atoms. The molecule has 1 atom stereocenters. The topological polar surface area (TPSA) is 41.5 Å². The lowest BCUT2D eigenvalue weighted by Gasteiger charge is -2.12. The summed E-state index contributed by atoms with van der Waals surface area (Å²) in [5.41, 5.74) is 2.09. The zero-order chi connectivity index (χ0) is 12.7. The van der Waals surface area contributed by atoms with Crippen LogP contribution in [0.2, 0.25) is 0 Å². The molecule has 1 aromatic carbocycles. The molecule has 0 saturated heterocycles. The van der Waals surface area contributed by atoms with Crippen LogP contribution in [0.3, 0.4) is 0 Å². The van der Waals surface area contributed by atoms with E-state index in [-0.39, 0.29) is 6.10 Å². The van der Waals surface area contributed by atoms with E-state index in [1.54, 1.807) is 6.92 Å². The second kappa shape index (κ2) is 7.09. The molecule has 1 unspecified atom stereocenters. The van der Waals surface area contributed by atoms with E-state index in [1.165, 1.54) is 0 Å². The van der Waals surface area contributed by atoms with Crippen LogP contribution in [0.4, 0.5) is 0 Å². The number of ether oxygens (including phenoxy) is 1. The van der Waals surface area contributed by atoms with Crippen molar-refractivity contribution < 1.29 is 9.84 Å². The van der Waals surface area contributed by atoms with Crippen molar-refractivity contribution in [1.29, 1.82) is 0 Å². The van der Waals surface area contributed by atoms with Crippen LogP contribution >= 0.6 is 0 Å². The van der Waals surface area contributed by atoms with Gasteiger partial charge in [0.2, 0.25) is 0 Å². The second-order valence-electron chi connectivity index (χ2n) is 4.33. The highest BCUT2D eigenvalue weighted by atomic mass is 16.5. The van der Waals surface area contributed by atoms with Crippen molar-refractivity contribution >= 4 is 0 Å². The molecule has 0 saturated carbocycles. The molecular formula is C14H21NO2. The Balaban J connectivity index is 2.54. The maximum absolute atomic E-state index is 9.17. The molecule has 0 radical (unpaired) electrons. The van der Waals surface area contributed by atoms with Gasteiger partial charge in [0, 0.05) is 18.7 Å². The molecule has 0 aliphatic heterocycles. The van der Waals surface area contributed by atoms with E-state index in [1.807, 2.05) is 31.2 Å². The maximum Gasteiger partial charge on any atom is 0.124 e. The monoisotopic (exact) mass is 235 g/mol. The summed E-state index contributed by atoms with van der Waals surface area (Å²) in [7, 11) is 0. The highest BCUT2D eigenvalue weighted by molar-refractivity contribution is 5.33. The maximum atomic E-state index is 9.17. The number of benzene rings is 1. The summed E-state index contributed by atoms with van der Waals surface area (Å²) < 4.78 is 5.65. The lowest BCUT2D eigenvalue weighted by atomic mass is 10.2. The van der Waals surface area contributed by atoms with Crippen molar-refractivity contribution in [3.8, 4) is 5.75 Å². The summed E-state index contributed by atoms with van der Waals surface area (Å²) in [5, 5.41) is 12.3. The number of nitrogens with one attached hydrogen (secondary N) is 1. The van der Waals surface area contributed by atoms with Crippen molar-refractivity contribution in [2.24, 2.45) is 0 Å². The lowest BCUT2D eigenvalue weighted by molar-refractivity contribution is 0.190. The van der Waals surface area contributed by atoms with Crippen molar-refractivity contribution in [3.05, 3.63) is 42.0 Å². The fourth-order valence-electron chi connectivity index (χ4n) is 1.41. The van der Waals surface area contributed by atoms with E-state index >= 15 is 0 Å². The molecule has 1 aromatic rings. The number of hydrogen-bond donors (Lipinski definition) is 2. The summed E-state index contributed by atoms with van der Waals surface area (Å²) in [6.07, 6.45) is -0.335. The predicted molar refractivity (Wildman–Crippen MR) is 70.1 cm³/mol. The van der Waals surface area contributed by atoms with Gasteiger partial charge in [0.05, 0.1) is 6.10 Å². The minimum absolute atomic E-state index is 0.335. The fourth-order valence-corrected chi connectivity index (χ4v) is 1.41. The SMILES string of the molecule is C=C(C)COc1ccccc1CNCC(C)O. The number of hydrogen-bond acceptors (Lipinski definition) is 3. The Hall–Kier alpha value is -1.32. The van der Waals surface area contributed by atoms with E-state index < -0.39 is 0 Å². The van der Waals surface area contributed by atoms with Gasteiger partial charge in [-0.25, -0.2) is 0 Å². The summed E-state index contributed by atoms with van der Waals surface area (Å²) in [4.78, 5) is 0. The van der Waals surface area contributed by atoms with Crippen molar-refractivity contribution in [3.63, 3.8) is 0 Å². The van der Waals surface area contributed by atoms with Crippen molar-refractivity contribution in [2.75, 3.05) is 13.2 Å². The molecule has 0 heterocycles. The largest absolute Gasteiger partial charge is 0.489 e. The standard InChI is InChI=1S/C14H21NO2/c1-11(2)10-17-14-7-5-4-6-13(14)9-15-8-12(3)16/h4-7,12,15-16H,1,8-10H2,2-3H3. The summed E-state index contributed by atoms with van der Waals surface area (Å²) >= 11 is 0. The van der Waals surface area contributed by atoms with Crippen molar-refractivity contribution in [1.82, 2.24) is 5.32 Å². The zero-order valence-electron chi connectivity index (χ0n) is 10.6. The van der Waals surface area contributed by atoms with E-state index in [0.29, 0.717) is 19.7 Å². The molecule has 2 N–H and O–H groups in total. The molecule has 3 heteroatoms. The van der Waals surface area contributed by atoms with Crippen molar-refractivity contribution in [2.45, 2.75) is 26.5 Å². The van der Waals surface area contributed by atoms with Gasteiger partial charge in [-0.15, -0.1) is 0 Å². The summed E-state index contributed by atoms with van der Waals surface area (Å²) in [6, 6.07) is 7.89. The van der Waals surface area contributed by atoms with Gasteiger partial charge >= 0.3 is 0 Å². The van der Waals surface area contributed by atoms with Gasteiger partial charge in [0.15, 0.2) is 0 Å². The second-order valence-corrected chi connectivity index (χ2v) is 4.33. The van der Waals surface area contributed by atoms with Gasteiger partial charge in [-0.3, -0.25) is 0 Å². The number of rotatable bonds is 7. The molecular weight excluding hydrogens is 214 g/mol. The molecule has 0 bridgehead atoms. The third kappa shape index (κ3) is 5.52. The normalized spacial score (nSPS) is 12.2. The molecule has 0 aliphatic carbocycles. The van der Waals surface area contributed by atoms with Gasteiger partial charge in [0.25, 0.3) is 0 Å². The highest BCUT2D eigenvalue weighted by Gasteiger charge is 2.03. The summed E-state index contributed by atoms with van der Waals surface area (Å²) in [6.45, 7) is 9.32. The first-order valence-corrected chi connectivity index (χ1v) is 5.83. The Morgan fingerprint density at radius 2 is 2.18 bits per heavy atom. The molecule has 0 aliphatic rings. The van der Waals surface area contributed by atoms with E-state index in [2.05, 4.69) is 11.9 Å². The van der Waals surface area contributed by atoms with Crippen LogP contribution in [-0.2, 0) is 6.54 Å². The number of para-hydroxylation sites is 1. The molecule has 0 fully saturated rings. The van der Waals surface area contributed by atoms with Crippen LogP contribution in [-0.4, -0.2) is 24.4 Å². The third-order valence-electron chi connectivity index (χ3n) is 2.20. The minimum Gasteiger partial charge on any atom is -0.489 e. The van der Waals surface area contributed by atoms with Gasteiger partial charge in [0.1, 0.15) is 12.4 Å². The van der Waals surface area contributed by atoms with Gasteiger partial charge in [-0.2, -0.15) is 0 Å². The van der Waals surface area contributed by atoms with E-state index in [4.69, 9.17) is 4.74 Å². The van der Waals surface area contributed by atoms with Gasteiger partial charge < -0.3 is 15.2 Å². The van der Waals surface area contributed by atoms with E-state index in [9.17, 15) is 5.11 Å². The molecule has 0 amide bonds. The number of aliphatic hydroxyl groups excluding tert-OH is 1. The van der Waals surface area contributed by atoms with Crippen LogP contribution in [0.25, 0.3) is 0 Å². The van der Waals surface area contributed by atoms with E-state index in [0.717, 1.165) is 16.9 Å². The van der Waals surface area contributed by atoms with Crippen LogP contribution < -0.4 is 10.1 Å². The molecule has 3 nitrogen and oxygen atoms in total. The van der Waals surface area contributed by atoms with Crippen LogP contribution in [0.15, 0.2) is 36.4 Å². The lowest BCUT2D eigenvalue weighted by Crippen LogP contribution is -2.24. The molecule has 0 aromatic heterocycles. The fraction of sp³-hybridized carbons (Fsp3) is 0.429. The van der Waals surface area contributed by atoms with Crippen LogP contribution in [0.1, 0.15) is 19.4 Å². The Morgan fingerprint density at radius 3 is 2.82 bits per heavy atom. The highest BCUT2D eigenvalue weighted by Crippen LogP contribution is 2.18.